The van der Waals surface area contributed by atoms with E-state index in [4.69, 9.17) is 0 Å². The number of pyridine rings is 1. The quantitative estimate of drug-likeness (QED) is 0.502. The molecule has 2 aromatic carbocycles. The molecule has 1 amide bonds. The molecular formula is C29H34N2O2. The lowest BCUT2D eigenvalue weighted by atomic mass is 9.86. The lowest BCUT2D eigenvalue weighted by Crippen LogP contribution is -2.45. The fourth-order valence-corrected chi connectivity index (χ4v) is 6.13. The zero-order valence-corrected chi connectivity index (χ0v) is 19.6. The Labute approximate surface area is 196 Å². The number of amides is 1. The second-order valence-electron chi connectivity index (χ2n) is 9.91. The summed E-state index contributed by atoms with van der Waals surface area (Å²) >= 11 is 0. The fourth-order valence-electron chi connectivity index (χ4n) is 6.13. The lowest BCUT2D eigenvalue weighted by Gasteiger charge is -2.37. The van der Waals surface area contributed by atoms with E-state index in [1.807, 2.05) is 37.4 Å². The van der Waals surface area contributed by atoms with Gasteiger partial charge >= 0.3 is 0 Å². The Hall–Kier alpha value is -2.88. The van der Waals surface area contributed by atoms with E-state index in [0.717, 1.165) is 61.4 Å². The van der Waals surface area contributed by atoms with Crippen LogP contribution in [0.2, 0.25) is 0 Å². The third-order valence-corrected chi connectivity index (χ3v) is 7.89. The average Bonchev–Trinajstić information content (AvgIpc) is 3.36. The molecule has 0 spiro atoms. The van der Waals surface area contributed by atoms with Crippen LogP contribution in [0.15, 0.2) is 65.5 Å². The van der Waals surface area contributed by atoms with Gasteiger partial charge in [-0.3, -0.25) is 9.59 Å². The molecular weight excluding hydrogens is 408 g/mol. The van der Waals surface area contributed by atoms with Gasteiger partial charge < -0.3 is 9.47 Å². The molecule has 5 rings (SSSR count). The predicted octanol–water partition coefficient (Wildman–Crippen LogP) is 5.78. The predicted molar refractivity (Wildman–Crippen MR) is 133 cm³/mol. The number of carbonyl (C=O) groups excluding carboxylic acids is 1. The van der Waals surface area contributed by atoms with Gasteiger partial charge in [-0.1, -0.05) is 74.2 Å². The molecule has 0 radical (unpaired) electrons. The minimum absolute atomic E-state index is 0.00408. The van der Waals surface area contributed by atoms with Crippen molar-refractivity contribution in [1.82, 2.24) is 9.47 Å². The van der Waals surface area contributed by atoms with Crippen molar-refractivity contribution in [2.45, 2.75) is 69.9 Å². The number of hydrogen-bond donors (Lipinski definition) is 0. The van der Waals surface area contributed by atoms with Gasteiger partial charge in [0.25, 0.3) is 5.56 Å². The molecule has 0 bridgehead atoms. The molecule has 0 N–H and O–H groups in total. The summed E-state index contributed by atoms with van der Waals surface area (Å²) in [5.41, 5.74) is 2.97. The first-order valence-electron chi connectivity index (χ1n) is 12.6. The molecule has 0 unspecified atom stereocenters. The monoisotopic (exact) mass is 442 g/mol. The summed E-state index contributed by atoms with van der Waals surface area (Å²) in [5.74, 6) is 0.695. The Morgan fingerprint density at radius 2 is 1.64 bits per heavy atom. The van der Waals surface area contributed by atoms with Gasteiger partial charge in [-0.25, -0.2) is 0 Å². The molecule has 33 heavy (non-hydrogen) atoms. The summed E-state index contributed by atoms with van der Waals surface area (Å²) in [4.78, 5) is 29.4. The fraction of sp³-hybridized carbons (Fsp3) is 0.448. The number of hydrogen-bond acceptors (Lipinski definition) is 2. The van der Waals surface area contributed by atoms with Gasteiger partial charge in [-0.05, 0) is 48.8 Å². The number of rotatable bonds is 5. The summed E-state index contributed by atoms with van der Waals surface area (Å²) in [6.07, 6.45) is 8.68. The summed E-state index contributed by atoms with van der Waals surface area (Å²) in [6.45, 7) is 0.404. The first-order chi connectivity index (χ1) is 16.1. The van der Waals surface area contributed by atoms with Gasteiger partial charge in [0, 0.05) is 30.5 Å². The van der Waals surface area contributed by atoms with Crippen LogP contribution in [0.25, 0.3) is 10.9 Å². The highest BCUT2D eigenvalue weighted by molar-refractivity contribution is 5.81. The standard InChI is InChI=1S/C29H34N2O2/c1-30-26-17-9-8-15-23(26)19-24(28(30)32)20-31(29(33)22-13-6-3-7-14-22)27-18-10-16-25(27)21-11-4-2-5-12-21/h2,4-5,8-9,11-12,15,17,19,22,25,27H,3,6-7,10,13-14,16,18,20H2,1H3/t25-,27+/m1/s1. The molecule has 172 valence electrons. The van der Waals surface area contributed by atoms with Crippen LogP contribution in [0.5, 0.6) is 0 Å². The summed E-state index contributed by atoms with van der Waals surface area (Å²) in [5, 5.41) is 1.05. The van der Waals surface area contributed by atoms with E-state index in [-0.39, 0.29) is 23.4 Å². The normalized spacial score (nSPS) is 21.4. The number of carbonyl (C=O) groups is 1. The van der Waals surface area contributed by atoms with Crippen LogP contribution < -0.4 is 5.56 Å². The maximum atomic E-state index is 13.9. The molecule has 0 aliphatic heterocycles. The summed E-state index contributed by atoms with van der Waals surface area (Å²) in [6, 6.07) is 20.8. The molecule has 4 nitrogen and oxygen atoms in total. The maximum absolute atomic E-state index is 13.9. The second kappa shape index (κ2) is 9.54. The van der Waals surface area contributed by atoms with Crippen LogP contribution >= 0.6 is 0 Å². The van der Waals surface area contributed by atoms with E-state index in [1.165, 1.54) is 12.0 Å². The SMILES string of the molecule is Cn1c(=O)c(CN(C(=O)C2CCCCC2)[C@H]2CCC[C@@H]2c2ccccc2)cc2ccccc21. The van der Waals surface area contributed by atoms with Crippen LogP contribution in [0, 0.1) is 5.92 Å². The van der Waals surface area contributed by atoms with Crippen molar-refractivity contribution in [2.24, 2.45) is 13.0 Å². The lowest BCUT2D eigenvalue weighted by molar-refractivity contribution is -0.140. The van der Waals surface area contributed by atoms with Gasteiger partial charge in [-0.15, -0.1) is 0 Å². The molecule has 2 aliphatic rings. The van der Waals surface area contributed by atoms with Crippen molar-refractivity contribution in [3.05, 3.63) is 82.1 Å². The van der Waals surface area contributed by atoms with Crippen LogP contribution in [0.4, 0.5) is 0 Å². The molecule has 1 heterocycles. The van der Waals surface area contributed by atoms with Crippen molar-refractivity contribution in [3.63, 3.8) is 0 Å². The molecule has 0 saturated heterocycles. The van der Waals surface area contributed by atoms with Gasteiger partial charge in [0.15, 0.2) is 0 Å². The maximum Gasteiger partial charge on any atom is 0.255 e. The Balaban J connectivity index is 1.53. The van der Waals surface area contributed by atoms with Crippen LogP contribution in [-0.2, 0) is 18.4 Å². The zero-order valence-electron chi connectivity index (χ0n) is 19.6. The molecule has 4 heteroatoms. The highest BCUT2D eigenvalue weighted by Crippen LogP contribution is 2.40. The van der Waals surface area contributed by atoms with E-state index in [1.54, 1.807) is 4.57 Å². The van der Waals surface area contributed by atoms with Crippen molar-refractivity contribution in [2.75, 3.05) is 0 Å². The summed E-state index contributed by atoms with van der Waals surface area (Å²) in [7, 11) is 1.84. The van der Waals surface area contributed by atoms with Crippen molar-refractivity contribution >= 4 is 16.8 Å². The third-order valence-electron chi connectivity index (χ3n) is 7.89. The van der Waals surface area contributed by atoms with E-state index >= 15 is 0 Å². The Morgan fingerprint density at radius 3 is 2.42 bits per heavy atom. The van der Waals surface area contributed by atoms with Gasteiger partial charge in [0.1, 0.15) is 0 Å². The molecule has 2 saturated carbocycles. The highest BCUT2D eigenvalue weighted by Gasteiger charge is 2.38. The van der Waals surface area contributed by atoms with Crippen LogP contribution in [-0.4, -0.2) is 21.4 Å². The van der Waals surface area contributed by atoms with Crippen molar-refractivity contribution in [1.29, 1.82) is 0 Å². The highest BCUT2D eigenvalue weighted by atomic mass is 16.2. The molecule has 2 aliphatic carbocycles. The number of benzene rings is 2. The van der Waals surface area contributed by atoms with Gasteiger partial charge in [0.05, 0.1) is 12.1 Å². The number of nitrogens with zero attached hydrogens (tertiary/aromatic N) is 2. The van der Waals surface area contributed by atoms with E-state index in [9.17, 15) is 9.59 Å². The number of para-hydroxylation sites is 1. The summed E-state index contributed by atoms with van der Waals surface area (Å²) < 4.78 is 1.73. The third kappa shape index (κ3) is 4.36. The topological polar surface area (TPSA) is 42.3 Å². The van der Waals surface area contributed by atoms with Crippen molar-refractivity contribution < 1.29 is 4.79 Å². The largest absolute Gasteiger partial charge is 0.334 e. The Morgan fingerprint density at radius 1 is 0.909 bits per heavy atom. The smallest absolute Gasteiger partial charge is 0.255 e. The van der Waals surface area contributed by atoms with E-state index in [2.05, 4.69) is 35.2 Å². The van der Waals surface area contributed by atoms with Gasteiger partial charge in [-0.2, -0.15) is 0 Å². The zero-order chi connectivity index (χ0) is 22.8. The average molecular weight is 443 g/mol. The molecule has 2 atom stereocenters. The molecule has 2 fully saturated rings. The van der Waals surface area contributed by atoms with Crippen LogP contribution in [0.3, 0.4) is 0 Å². The number of aryl methyl sites for hydroxylation is 1. The first kappa shape index (κ1) is 21.9. The Kier molecular flexibility index (Phi) is 6.34. The van der Waals surface area contributed by atoms with Crippen LogP contribution in [0.1, 0.15) is 68.4 Å². The van der Waals surface area contributed by atoms with Crippen molar-refractivity contribution in [3.8, 4) is 0 Å². The molecule has 1 aromatic heterocycles. The van der Waals surface area contributed by atoms with E-state index < -0.39 is 0 Å². The Bertz CT molecular complexity index is 1180. The molecule has 3 aromatic rings. The minimum Gasteiger partial charge on any atom is -0.334 e. The minimum atomic E-state index is 0.00408. The van der Waals surface area contributed by atoms with E-state index in [0.29, 0.717) is 12.5 Å². The second-order valence-corrected chi connectivity index (χ2v) is 9.91. The number of aromatic nitrogens is 1. The number of fused-ring (bicyclic) bond motifs is 1. The van der Waals surface area contributed by atoms with Gasteiger partial charge in [0.2, 0.25) is 5.91 Å². The first-order valence-corrected chi connectivity index (χ1v) is 12.6.